The van der Waals surface area contributed by atoms with Crippen molar-refractivity contribution < 1.29 is 27.8 Å². The van der Waals surface area contributed by atoms with Gasteiger partial charge in [0.2, 0.25) is 5.91 Å². The van der Waals surface area contributed by atoms with Crippen LogP contribution >= 0.6 is 0 Å². The smallest absolute Gasteiger partial charge is 0.416 e. The zero-order valence-corrected chi connectivity index (χ0v) is 22.2. The van der Waals surface area contributed by atoms with Gasteiger partial charge in [0.15, 0.2) is 0 Å². The summed E-state index contributed by atoms with van der Waals surface area (Å²) in [5.41, 5.74) is 2.34. The number of amides is 1. The monoisotopic (exact) mass is 557 g/mol. The largest absolute Gasteiger partial charge is 0.457 e. The first-order valence-corrected chi connectivity index (χ1v) is 13.5. The number of nitrogens with one attached hydrogen (secondary N) is 1. The first-order valence-electron chi connectivity index (χ1n) is 13.5. The van der Waals surface area contributed by atoms with Gasteiger partial charge in [-0.05, 0) is 77.9 Å². The Morgan fingerprint density at radius 1 is 0.927 bits per heavy atom. The van der Waals surface area contributed by atoms with E-state index >= 15 is 0 Å². The number of carbonyl (C=O) groups is 1. The fourth-order valence-electron chi connectivity index (χ4n) is 5.05. The highest BCUT2D eigenvalue weighted by Gasteiger charge is 2.31. The fraction of sp³-hybridized carbons (Fsp3) is 0.206. The Hall–Kier alpha value is -4.36. The predicted molar refractivity (Wildman–Crippen MR) is 152 cm³/mol. The molecule has 0 aliphatic heterocycles. The Labute approximate surface area is 237 Å². The highest BCUT2D eigenvalue weighted by Crippen LogP contribution is 2.32. The van der Waals surface area contributed by atoms with Gasteiger partial charge >= 0.3 is 6.18 Å². The van der Waals surface area contributed by atoms with Crippen LogP contribution in [0.4, 0.5) is 13.2 Å². The molecular formula is C34H30F3NO3. The van der Waals surface area contributed by atoms with Crippen molar-refractivity contribution in [3.63, 3.8) is 0 Å². The third-order valence-electron chi connectivity index (χ3n) is 7.22. The molecule has 3 aromatic carbocycles. The van der Waals surface area contributed by atoms with Crippen molar-refractivity contribution >= 4 is 5.91 Å². The Kier molecular flexibility index (Phi) is 8.55. The first kappa shape index (κ1) is 28.2. The summed E-state index contributed by atoms with van der Waals surface area (Å²) >= 11 is 0. The van der Waals surface area contributed by atoms with E-state index in [2.05, 4.69) is 5.32 Å². The summed E-state index contributed by atoms with van der Waals surface area (Å²) in [5, 5.41) is 14.5. The first-order chi connectivity index (χ1) is 19.8. The number of alkyl halides is 3. The molecule has 3 atom stereocenters. The molecule has 7 heteroatoms. The molecule has 41 heavy (non-hydrogen) atoms. The average Bonchev–Trinajstić information content (AvgIpc) is 3.20. The second-order valence-corrected chi connectivity index (χ2v) is 10.1. The minimum atomic E-state index is -4.45. The lowest BCUT2D eigenvalue weighted by atomic mass is 9.87. The van der Waals surface area contributed by atoms with Crippen LogP contribution in [-0.2, 0) is 17.4 Å². The van der Waals surface area contributed by atoms with Crippen LogP contribution in [0, 0.1) is 5.92 Å². The third-order valence-corrected chi connectivity index (χ3v) is 7.22. The molecule has 210 valence electrons. The second kappa shape index (κ2) is 12.4. The van der Waals surface area contributed by atoms with E-state index in [4.69, 9.17) is 4.74 Å². The molecule has 0 bridgehead atoms. The van der Waals surface area contributed by atoms with Crippen molar-refractivity contribution in [2.75, 3.05) is 0 Å². The molecule has 4 nitrogen and oxygen atoms in total. The van der Waals surface area contributed by atoms with E-state index in [-0.39, 0.29) is 12.3 Å². The number of halogens is 3. The zero-order chi connectivity index (χ0) is 28.8. The Bertz CT molecular complexity index is 1470. The Balaban J connectivity index is 1.39. The summed E-state index contributed by atoms with van der Waals surface area (Å²) in [6.07, 6.45) is 7.87. The van der Waals surface area contributed by atoms with Crippen molar-refractivity contribution in [3.8, 4) is 11.5 Å². The van der Waals surface area contributed by atoms with Gasteiger partial charge in [-0.1, -0.05) is 78.9 Å². The van der Waals surface area contributed by atoms with Gasteiger partial charge in [0, 0.05) is 0 Å². The summed E-state index contributed by atoms with van der Waals surface area (Å²) in [5.74, 6) is 0.407. The lowest BCUT2D eigenvalue weighted by Gasteiger charge is -2.28. The molecule has 5 rings (SSSR count). The summed E-state index contributed by atoms with van der Waals surface area (Å²) in [4.78, 5) is 13.6. The summed E-state index contributed by atoms with van der Waals surface area (Å²) in [7, 11) is 0. The number of carbonyl (C=O) groups excluding carboxylic acids is 1. The van der Waals surface area contributed by atoms with Gasteiger partial charge in [0.05, 0.1) is 23.6 Å². The molecular weight excluding hydrogens is 527 g/mol. The van der Waals surface area contributed by atoms with Gasteiger partial charge in [-0.25, -0.2) is 0 Å². The van der Waals surface area contributed by atoms with E-state index in [9.17, 15) is 23.1 Å². The fourth-order valence-corrected chi connectivity index (χ4v) is 5.05. The van der Waals surface area contributed by atoms with E-state index in [0.717, 1.165) is 36.1 Å². The van der Waals surface area contributed by atoms with Crippen molar-refractivity contribution in [3.05, 3.63) is 143 Å². The van der Waals surface area contributed by atoms with Crippen LogP contribution in [0.5, 0.6) is 11.5 Å². The van der Waals surface area contributed by atoms with Crippen LogP contribution in [0.25, 0.3) is 0 Å². The van der Waals surface area contributed by atoms with Crippen LogP contribution < -0.4 is 10.1 Å². The molecule has 2 N–H and O–H groups in total. The molecule has 0 saturated heterocycles. The van der Waals surface area contributed by atoms with E-state index in [1.807, 2.05) is 66.8 Å². The van der Waals surface area contributed by atoms with Gasteiger partial charge in [0.1, 0.15) is 11.5 Å². The number of hydrogen-bond donors (Lipinski definition) is 2. The van der Waals surface area contributed by atoms with Crippen LogP contribution in [0.1, 0.15) is 35.6 Å². The number of hydrogen-bond acceptors (Lipinski definition) is 3. The molecule has 0 radical (unpaired) electrons. The van der Waals surface area contributed by atoms with E-state index in [1.54, 1.807) is 24.3 Å². The highest BCUT2D eigenvalue weighted by molar-refractivity contribution is 5.85. The normalized spacial score (nSPS) is 17.9. The number of para-hydroxylation sites is 1. The predicted octanol–water partition coefficient (Wildman–Crippen LogP) is 7.65. The minimum Gasteiger partial charge on any atom is -0.457 e. The molecule has 2 aliphatic rings. The Morgan fingerprint density at radius 3 is 2.34 bits per heavy atom. The van der Waals surface area contributed by atoms with Gasteiger partial charge in [0.25, 0.3) is 0 Å². The lowest BCUT2D eigenvalue weighted by Crippen LogP contribution is -2.44. The maximum Gasteiger partial charge on any atom is 0.416 e. The minimum absolute atomic E-state index is 0.129. The standard InChI is InChI=1S/C34H30F3NO3/c35-34(36,37)26-18-14-23(15-19-26)22-31(38-33(40)30-13-7-5-9-24-8-4-6-12-29(24)30)32(39)25-16-20-28(21-17-25)41-27-10-2-1-3-11-27/h1-3,5-7,9-21,30-32,39H,4,8,22H2,(H,38,40)/t30?,31-,32-/m1/s1. The number of aliphatic hydroxyl groups is 1. The molecule has 0 spiro atoms. The molecule has 0 heterocycles. The molecule has 0 saturated carbocycles. The van der Waals surface area contributed by atoms with Crippen molar-refractivity contribution in [2.45, 2.75) is 37.6 Å². The Morgan fingerprint density at radius 2 is 1.63 bits per heavy atom. The molecule has 3 aromatic rings. The summed E-state index contributed by atoms with van der Waals surface area (Å²) in [6.45, 7) is 0. The SMILES string of the molecule is O=C(N[C@H](Cc1ccc(C(F)(F)F)cc1)[C@H](O)c1ccc(Oc2ccccc2)cc1)C1C=CC=CC2=C1C=CCC2. The average molecular weight is 558 g/mol. The van der Waals surface area contributed by atoms with Crippen molar-refractivity contribution in [1.29, 1.82) is 0 Å². The van der Waals surface area contributed by atoms with Gasteiger partial charge in [-0.3, -0.25) is 4.79 Å². The number of aliphatic hydroxyl groups excluding tert-OH is 1. The van der Waals surface area contributed by atoms with Crippen molar-refractivity contribution in [2.24, 2.45) is 5.92 Å². The zero-order valence-electron chi connectivity index (χ0n) is 22.2. The van der Waals surface area contributed by atoms with Gasteiger partial charge < -0.3 is 15.2 Å². The topological polar surface area (TPSA) is 58.6 Å². The van der Waals surface area contributed by atoms with E-state index in [1.165, 1.54) is 12.1 Å². The number of ether oxygens (including phenoxy) is 1. The van der Waals surface area contributed by atoms with Crippen molar-refractivity contribution in [1.82, 2.24) is 5.32 Å². The quantitative estimate of drug-likeness (QED) is 0.299. The van der Waals surface area contributed by atoms with Crippen LogP contribution in [0.2, 0.25) is 0 Å². The molecule has 0 fully saturated rings. The molecule has 1 amide bonds. The lowest BCUT2D eigenvalue weighted by molar-refractivity contribution is -0.137. The molecule has 1 unspecified atom stereocenters. The van der Waals surface area contributed by atoms with E-state index in [0.29, 0.717) is 22.6 Å². The summed E-state index contributed by atoms with van der Waals surface area (Å²) in [6, 6.07) is 20.2. The maximum atomic E-state index is 13.6. The van der Waals surface area contributed by atoms with E-state index < -0.39 is 29.8 Å². The summed E-state index contributed by atoms with van der Waals surface area (Å²) < 4.78 is 45.2. The molecule has 2 aliphatic carbocycles. The number of allylic oxidation sites excluding steroid dienone is 6. The van der Waals surface area contributed by atoms with Crippen LogP contribution in [0.3, 0.4) is 0 Å². The van der Waals surface area contributed by atoms with Crippen LogP contribution in [0.15, 0.2) is 126 Å². The van der Waals surface area contributed by atoms with Crippen LogP contribution in [-0.4, -0.2) is 17.1 Å². The van der Waals surface area contributed by atoms with Gasteiger partial charge in [-0.15, -0.1) is 0 Å². The van der Waals surface area contributed by atoms with Gasteiger partial charge in [-0.2, -0.15) is 13.2 Å². The second-order valence-electron chi connectivity index (χ2n) is 10.1. The number of benzene rings is 3. The third kappa shape index (κ3) is 7.05. The number of rotatable bonds is 8. The maximum absolute atomic E-state index is 13.6. The highest BCUT2D eigenvalue weighted by atomic mass is 19.4. The molecule has 0 aromatic heterocycles.